The van der Waals surface area contributed by atoms with E-state index in [4.69, 9.17) is 0 Å². The minimum Gasteiger partial charge on any atom is -0.296 e. The standard InChI is InChI=1S/C15H16N2O2.C4H10/c1-3-4-5-11-10(2)8-9-16-14(11)12-6-7-13(18)17-15(12)19;1-4(2)3/h3-5,8-9,12H,1,6-7H2,2H3,(H,17,18,19);4H,1-3H3/b5-4-;. The molecule has 2 rings (SSSR count). The van der Waals surface area contributed by atoms with Gasteiger partial charge in [0.15, 0.2) is 0 Å². The Balaban J connectivity index is 0.000000593. The Hall–Kier alpha value is -2.23. The van der Waals surface area contributed by atoms with E-state index in [-0.39, 0.29) is 17.7 Å². The predicted octanol–water partition coefficient (Wildman–Crippen LogP) is 3.77. The number of rotatable bonds is 3. The Bertz CT molecular complexity index is 601. The number of amides is 2. The molecule has 2 heterocycles. The fourth-order valence-electron chi connectivity index (χ4n) is 2.20. The molecule has 0 radical (unpaired) electrons. The molecule has 0 aromatic carbocycles. The van der Waals surface area contributed by atoms with E-state index in [1.165, 1.54) is 0 Å². The summed E-state index contributed by atoms with van der Waals surface area (Å²) >= 11 is 0. The number of piperidine rings is 1. The van der Waals surface area contributed by atoms with Crippen LogP contribution >= 0.6 is 0 Å². The Morgan fingerprint density at radius 2 is 2.00 bits per heavy atom. The zero-order valence-corrected chi connectivity index (χ0v) is 14.4. The number of aryl methyl sites for hydroxylation is 1. The fraction of sp³-hybridized carbons (Fsp3) is 0.421. The first-order valence-electron chi connectivity index (χ1n) is 7.95. The summed E-state index contributed by atoms with van der Waals surface area (Å²) in [6, 6.07) is 1.90. The lowest BCUT2D eigenvalue weighted by Gasteiger charge is -2.22. The largest absolute Gasteiger partial charge is 0.296 e. The van der Waals surface area contributed by atoms with Gasteiger partial charge in [-0.05, 0) is 36.5 Å². The van der Waals surface area contributed by atoms with Crippen molar-refractivity contribution in [1.29, 1.82) is 0 Å². The third-order valence-electron chi connectivity index (χ3n) is 3.21. The number of carbonyl (C=O) groups excluding carboxylic acids is 2. The van der Waals surface area contributed by atoms with Gasteiger partial charge >= 0.3 is 0 Å². The van der Waals surface area contributed by atoms with E-state index in [0.29, 0.717) is 12.8 Å². The average Bonchev–Trinajstić information content (AvgIpc) is 2.45. The van der Waals surface area contributed by atoms with Gasteiger partial charge in [-0.2, -0.15) is 0 Å². The van der Waals surface area contributed by atoms with Gasteiger partial charge in [0.05, 0.1) is 11.6 Å². The molecule has 1 aromatic rings. The van der Waals surface area contributed by atoms with Gasteiger partial charge < -0.3 is 0 Å². The van der Waals surface area contributed by atoms with Crippen molar-refractivity contribution in [2.75, 3.05) is 0 Å². The van der Waals surface area contributed by atoms with Gasteiger partial charge in [0.1, 0.15) is 0 Å². The minimum atomic E-state index is -0.359. The van der Waals surface area contributed by atoms with Crippen LogP contribution in [0.2, 0.25) is 0 Å². The van der Waals surface area contributed by atoms with Crippen LogP contribution in [0.15, 0.2) is 31.0 Å². The number of imide groups is 1. The Morgan fingerprint density at radius 3 is 2.57 bits per heavy atom. The molecule has 2 amide bonds. The Kier molecular flexibility index (Phi) is 7.39. The van der Waals surface area contributed by atoms with Gasteiger partial charge in [-0.25, -0.2) is 0 Å². The summed E-state index contributed by atoms with van der Waals surface area (Å²) in [6.45, 7) is 12.1. The van der Waals surface area contributed by atoms with Crippen LogP contribution in [0.25, 0.3) is 6.08 Å². The SMILES string of the molecule is C=C/C=C\c1c(C)ccnc1C1CCC(=O)NC1=O.CC(C)C. The molecular formula is C19H26N2O2. The summed E-state index contributed by atoms with van der Waals surface area (Å²) in [5.41, 5.74) is 2.70. The second-order valence-electron chi connectivity index (χ2n) is 6.26. The van der Waals surface area contributed by atoms with Crippen LogP contribution in [-0.4, -0.2) is 16.8 Å². The summed E-state index contributed by atoms with van der Waals surface area (Å²) < 4.78 is 0. The van der Waals surface area contributed by atoms with E-state index in [1.807, 2.05) is 25.1 Å². The summed E-state index contributed by atoms with van der Waals surface area (Å²) in [4.78, 5) is 27.5. The van der Waals surface area contributed by atoms with Crippen LogP contribution in [0.1, 0.15) is 56.4 Å². The van der Waals surface area contributed by atoms with Gasteiger partial charge in [-0.3, -0.25) is 19.9 Å². The highest BCUT2D eigenvalue weighted by Gasteiger charge is 2.30. The van der Waals surface area contributed by atoms with Crippen LogP contribution < -0.4 is 5.32 Å². The molecule has 1 atom stereocenters. The van der Waals surface area contributed by atoms with Crippen molar-refractivity contribution in [2.45, 2.75) is 46.5 Å². The van der Waals surface area contributed by atoms with Crippen molar-refractivity contribution >= 4 is 17.9 Å². The lowest BCUT2D eigenvalue weighted by atomic mass is 9.90. The maximum absolute atomic E-state index is 11.9. The summed E-state index contributed by atoms with van der Waals surface area (Å²) in [7, 11) is 0. The molecule has 0 aliphatic carbocycles. The molecule has 0 spiro atoms. The van der Waals surface area contributed by atoms with E-state index < -0.39 is 0 Å². The zero-order valence-electron chi connectivity index (χ0n) is 14.4. The van der Waals surface area contributed by atoms with Crippen molar-refractivity contribution in [2.24, 2.45) is 5.92 Å². The maximum Gasteiger partial charge on any atom is 0.235 e. The normalized spacial score (nSPS) is 17.7. The number of hydrogen-bond acceptors (Lipinski definition) is 3. The van der Waals surface area contributed by atoms with Crippen LogP contribution in [0.5, 0.6) is 0 Å². The number of aromatic nitrogens is 1. The number of hydrogen-bond donors (Lipinski definition) is 1. The molecule has 1 fully saturated rings. The number of nitrogens with zero attached hydrogens (tertiary/aromatic N) is 1. The van der Waals surface area contributed by atoms with E-state index in [2.05, 4.69) is 37.7 Å². The first-order chi connectivity index (χ1) is 10.9. The van der Waals surface area contributed by atoms with Gasteiger partial charge in [0.2, 0.25) is 11.8 Å². The molecule has 124 valence electrons. The highest BCUT2D eigenvalue weighted by Crippen LogP contribution is 2.28. The van der Waals surface area contributed by atoms with Crippen LogP contribution in [-0.2, 0) is 9.59 Å². The first-order valence-corrected chi connectivity index (χ1v) is 7.95. The second-order valence-corrected chi connectivity index (χ2v) is 6.26. The Morgan fingerprint density at radius 1 is 1.35 bits per heavy atom. The topological polar surface area (TPSA) is 59.1 Å². The van der Waals surface area contributed by atoms with Gasteiger partial charge in [-0.1, -0.05) is 45.6 Å². The van der Waals surface area contributed by atoms with Crippen molar-refractivity contribution in [3.63, 3.8) is 0 Å². The summed E-state index contributed by atoms with van der Waals surface area (Å²) in [6.07, 6.45) is 7.96. The molecule has 0 bridgehead atoms. The summed E-state index contributed by atoms with van der Waals surface area (Å²) in [5, 5.41) is 2.37. The lowest BCUT2D eigenvalue weighted by molar-refractivity contribution is -0.134. The molecule has 4 nitrogen and oxygen atoms in total. The molecule has 23 heavy (non-hydrogen) atoms. The van der Waals surface area contributed by atoms with Gasteiger partial charge in [-0.15, -0.1) is 0 Å². The number of carbonyl (C=O) groups is 2. The van der Waals surface area contributed by atoms with Crippen LogP contribution in [0.4, 0.5) is 0 Å². The molecule has 1 N–H and O–H groups in total. The van der Waals surface area contributed by atoms with E-state index in [1.54, 1.807) is 12.3 Å². The lowest BCUT2D eigenvalue weighted by Crippen LogP contribution is -2.40. The molecule has 1 aromatic heterocycles. The number of allylic oxidation sites excluding steroid dienone is 2. The zero-order chi connectivity index (χ0) is 17.4. The van der Waals surface area contributed by atoms with E-state index in [0.717, 1.165) is 22.7 Å². The van der Waals surface area contributed by atoms with Crippen molar-refractivity contribution < 1.29 is 9.59 Å². The van der Waals surface area contributed by atoms with Crippen LogP contribution in [0.3, 0.4) is 0 Å². The monoisotopic (exact) mass is 314 g/mol. The highest BCUT2D eigenvalue weighted by atomic mass is 16.2. The third-order valence-corrected chi connectivity index (χ3v) is 3.21. The predicted molar refractivity (Wildman–Crippen MR) is 93.8 cm³/mol. The molecule has 1 aliphatic heterocycles. The number of pyridine rings is 1. The molecule has 0 saturated carbocycles. The number of nitrogens with one attached hydrogen (secondary N) is 1. The smallest absolute Gasteiger partial charge is 0.235 e. The quantitative estimate of drug-likeness (QED) is 0.682. The van der Waals surface area contributed by atoms with Gasteiger partial charge in [0.25, 0.3) is 0 Å². The average molecular weight is 314 g/mol. The first kappa shape index (κ1) is 18.8. The second kappa shape index (κ2) is 9.03. The summed E-state index contributed by atoms with van der Waals surface area (Å²) in [5.74, 6) is 0.00163. The van der Waals surface area contributed by atoms with Crippen molar-refractivity contribution in [1.82, 2.24) is 10.3 Å². The van der Waals surface area contributed by atoms with E-state index in [9.17, 15) is 9.59 Å². The maximum atomic E-state index is 11.9. The van der Waals surface area contributed by atoms with Crippen molar-refractivity contribution in [3.05, 3.63) is 47.8 Å². The minimum absolute atomic E-state index is 0.211. The Labute approximate surface area is 138 Å². The van der Waals surface area contributed by atoms with E-state index >= 15 is 0 Å². The molecule has 1 unspecified atom stereocenters. The van der Waals surface area contributed by atoms with Crippen LogP contribution in [0, 0.1) is 12.8 Å². The van der Waals surface area contributed by atoms with Crippen molar-refractivity contribution in [3.8, 4) is 0 Å². The third kappa shape index (κ3) is 5.81. The highest BCUT2D eigenvalue weighted by molar-refractivity contribution is 6.01. The molecule has 1 saturated heterocycles. The fourth-order valence-corrected chi connectivity index (χ4v) is 2.20. The molecule has 1 aliphatic rings. The molecular weight excluding hydrogens is 288 g/mol. The van der Waals surface area contributed by atoms with Gasteiger partial charge in [0, 0.05) is 12.6 Å². The molecule has 4 heteroatoms.